The topological polar surface area (TPSA) is 65.1 Å². The van der Waals surface area contributed by atoms with Crippen molar-refractivity contribution in [3.05, 3.63) is 35.2 Å². The first-order valence-corrected chi connectivity index (χ1v) is 7.93. The van der Waals surface area contributed by atoms with Gasteiger partial charge in [0.2, 0.25) is 5.83 Å². The Morgan fingerprint density at radius 1 is 1.33 bits per heavy atom. The lowest BCUT2D eigenvalue weighted by molar-refractivity contribution is -0.141. The van der Waals surface area contributed by atoms with Gasteiger partial charge in [-0.15, -0.1) is 0 Å². The van der Waals surface area contributed by atoms with Crippen LogP contribution in [0.25, 0.3) is 0 Å². The van der Waals surface area contributed by atoms with Crippen LogP contribution in [0.3, 0.4) is 0 Å². The van der Waals surface area contributed by atoms with E-state index in [0.717, 1.165) is 12.8 Å². The van der Waals surface area contributed by atoms with Gasteiger partial charge in [0, 0.05) is 12.2 Å². The van der Waals surface area contributed by atoms with E-state index in [0.29, 0.717) is 0 Å². The Kier molecular flexibility index (Phi) is 4.34. The van der Waals surface area contributed by atoms with E-state index in [1.54, 1.807) is 6.92 Å². The van der Waals surface area contributed by atoms with E-state index in [-0.39, 0.29) is 29.7 Å². The van der Waals surface area contributed by atoms with E-state index in [1.807, 2.05) is 4.90 Å². The van der Waals surface area contributed by atoms with E-state index in [1.165, 1.54) is 26.5 Å². The van der Waals surface area contributed by atoms with Gasteiger partial charge in [-0.25, -0.2) is 4.79 Å². The molecule has 1 fully saturated rings. The van der Waals surface area contributed by atoms with Crippen LogP contribution < -0.4 is 0 Å². The number of hydrogen-bond donors (Lipinski definition) is 0. The molecule has 0 saturated heterocycles. The van der Waals surface area contributed by atoms with Gasteiger partial charge >= 0.3 is 5.97 Å². The van der Waals surface area contributed by atoms with Gasteiger partial charge in [0.1, 0.15) is 11.6 Å². The Morgan fingerprint density at radius 3 is 2.58 bits per heavy atom. The van der Waals surface area contributed by atoms with Crippen molar-refractivity contribution in [2.24, 2.45) is 5.92 Å². The summed E-state index contributed by atoms with van der Waals surface area (Å²) in [7, 11) is 2.69. The lowest BCUT2D eigenvalue weighted by atomic mass is 9.82. The third kappa shape index (κ3) is 2.57. The Balaban J connectivity index is 2.07. The highest BCUT2D eigenvalue weighted by Crippen LogP contribution is 2.43. The molecule has 2 atom stereocenters. The first-order chi connectivity index (χ1) is 11.5. The fourth-order valence-electron chi connectivity index (χ4n) is 3.19. The van der Waals surface area contributed by atoms with Gasteiger partial charge in [-0.05, 0) is 25.8 Å². The predicted molar refractivity (Wildman–Crippen MR) is 82.1 cm³/mol. The van der Waals surface area contributed by atoms with Crippen molar-refractivity contribution < 1.29 is 28.2 Å². The summed E-state index contributed by atoms with van der Waals surface area (Å²) in [6.45, 7) is 1.86. The highest BCUT2D eigenvalue weighted by molar-refractivity contribution is 6.19. The standard InChI is InChI=1S/C17H20FNO5/c1-4-24-17(21)11-8-19(9-5-6-9)14-10(15(11)20)7-12(22-2)13(18)16(14)23-3/h7-10,14H,4-6H2,1-3H3. The van der Waals surface area contributed by atoms with Crippen molar-refractivity contribution in [3.63, 3.8) is 0 Å². The SMILES string of the molecule is CCOC(=O)C1=CN(C2CC2)C2C(OC)=C(F)C(OC)=CC2C1=O. The summed E-state index contributed by atoms with van der Waals surface area (Å²) in [5, 5.41) is 0. The number of carbonyl (C=O) groups is 2. The number of rotatable bonds is 5. The van der Waals surface area contributed by atoms with Gasteiger partial charge in [0.15, 0.2) is 17.3 Å². The Labute approximate surface area is 139 Å². The number of halogens is 1. The lowest BCUT2D eigenvalue weighted by Crippen LogP contribution is -2.50. The molecule has 0 bridgehead atoms. The van der Waals surface area contributed by atoms with E-state index in [9.17, 15) is 14.0 Å². The summed E-state index contributed by atoms with van der Waals surface area (Å²) >= 11 is 0. The van der Waals surface area contributed by atoms with Gasteiger partial charge in [0.25, 0.3) is 0 Å². The molecule has 0 aromatic rings. The maximum absolute atomic E-state index is 14.6. The average molecular weight is 337 g/mol. The molecule has 1 aliphatic heterocycles. The third-order valence-electron chi connectivity index (χ3n) is 4.44. The normalized spacial score (nSPS) is 26.5. The van der Waals surface area contributed by atoms with E-state index in [4.69, 9.17) is 14.2 Å². The van der Waals surface area contributed by atoms with Gasteiger partial charge in [0.05, 0.1) is 26.7 Å². The van der Waals surface area contributed by atoms with Crippen LogP contribution in [0.15, 0.2) is 35.2 Å². The number of carbonyl (C=O) groups excluding carboxylic acids is 2. The molecule has 0 amide bonds. The van der Waals surface area contributed by atoms with Crippen LogP contribution >= 0.6 is 0 Å². The van der Waals surface area contributed by atoms with Gasteiger partial charge in [-0.2, -0.15) is 4.39 Å². The van der Waals surface area contributed by atoms with Gasteiger partial charge in [-0.3, -0.25) is 4.79 Å². The minimum Gasteiger partial charge on any atom is -0.496 e. The van der Waals surface area contributed by atoms with Crippen molar-refractivity contribution >= 4 is 11.8 Å². The molecule has 3 rings (SSSR count). The molecule has 3 aliphatic rings. The Hall–Kier alpha value is -2.31. The van der Waals surface area contributed by atoms with Crippen LogP contribution in [0.4, 0.5) is 4.39 Å². The minimum absolute atomic E-state index is 0.0190. The largest absolute Gasteiger partial charge is 0.496 e. The number of hydrogen-bond acceptors (Lipinski definition) is 6. The molecule has 130 valence electrons. The second-order valence-corrected chi connectivity index (χ2v) is 5.89. The second-order valence-electron chi connectivity index (χ2n) is 5.89. The van der Waals surface area contributed by atoms with Crippen LogP contribution in [-0.2, 0) is 23.8 Å². The highest BCUT2D eigenvalue weighted by Gasteiger charge is 2.49. The summed E-state index contributed by atoms with van der Waals surface area (Å²) < 4.78 is 29.8. The van der Waals surface area contributed by atoms with Crippen LogP contribution in [-0.4, -0.2) is 49.6 Å². The number of ether oxygens (including phenoxy) is 3. The first-order valence-electron chi connectivity index (χ1n) is 7.93. The van der Waals surface area contributed by atoms with E-state index >= 15 is 0 Å². The third-order valence-corrected chi connectivity index (χ3v) is 4.44. The number of nitrogens with zero attached hydrogens (tertiary/aromatic N) is 1. The van der Waals surface area contributed by atoms with Crippen molar-refractivity contribution in [1.82, 2.24) is 4.90 Å². The van der Waals surface area contributed by atoms with Crippen molar-refractivity contribution in [2.45, 2.75) is 31.8 Å². The number of allylic oxidation sites excluding steroid dienone is 1. The summed E-state index contributed by atoms with van der Waals surface area (Å²) in [5.41, 5.74) is -0.0190. The number of fused-ring (bicyclic) bond motifs is 1. The second kappa shape index (κ2) is 6.30. The zero-order valence-corrected chi connectivity index (χ0v) is 13.9. The maximum Gasteiger partial charge on any atom is 0.343 e. The predicted octanol–water partition coefficient (Wildman–Crippen LogP) is 1.84. The Morgan fingerprint density at radius 2 is 2.04 bits per heavy atom. The molecule has 6 nitrogen and oxygen atoms in total. The van der Waals surface area contributed by atoms with Crippen molar-refractivity contribution in [2.75, 3.05) is 20.8 Å². The zero-order valence-electron chi connectivity index (χ0n) is 13.9. The molecule has 1 heterocycles. The fraction of sp³-hybridized carbons (Fsp3) is 0.529. The van der Waals surface area contributed by atoms with Gasteiger partial charge in [-0.1, -0.05) is 0 Å². The van der Waals surface area contributed by atoms with Crippen LogP contribution in [0.2, 0.25) is 0 Å². The van der Waals surface area contributed by atoms with Gasteiger partial charge < -0.3 is 19.1 Å². The number of Topliss-reactive ketones (excluding diaryl/α,β-unsaturated/α-hetero) is 1. The highest BCUT2D eigenvalue weighted by atomic mass is 19.1. The molecule has 2 unspecified atom stereocenters. The summed E-state index contributed by atoms with van der Waals surface area (Å²) in [5.74, 6) is -2.44. The molecule has 24 heavy (non-hydrogen) atoms. The Bertz CT molecular complexity index is 662. The summed E-state index contributed by atoms with van der Waals surface area (Å²) in [6, 6.07) is -0.447. The quantitative estimate of drug-likeness (QED) is 0.563. The van der Waals surface area contributed by atoms with Crippen molar-refractivity contribution in [3.8, 4) is 0 Å². The minimum atomic E-state index is -0.751. The molecule has 0 radical (unpaired) electrons. The molecule has 0 spiro atoms. The van der Waals surface area contributed by atoms with Crippen LogP contribution in [0.5, 0.6) is 0 Å². The average Bonchev–Trinajstić information content (AvgIpc) is 3.40. The molecular weight excluding hydrogens is 317 g/mol. The molecule has 2 aliphatic carbocycles. The van der Waals surface area contributed by atoms with E-state index < -0.39 is 29.5 Å². The number of esters is 1. The zero-order chi connectivity index (χ0) is 17.4. The lowest BCUT2D eigenvalue weighted by Gasteiger charge is -2.41. The van der Waals surface area contributed by atoms with Crippen LogP contribution in [0.1, 0.15) is 19.8 Å². The smallest absolute Gasteiger partial charge is 0.343 e. The molecular formula is C17H20FNO5. The molecule has 0 aromatic carbocycles. The summed E-state index contributed by atoms with van der Waals surface area (Å²) in [4.78, 5) is 26.8. The molecule has 1 saturated carbocycles. The monoisotopic (exact) mass is 337 g/mol. The van der Waals surface area contributed by atoms with E-state index in [2.05, 4.69) is 0 Å². The molecule has 0 N–H and O–H groups in total. The number of ketones is 1. The number of methoxy groups -OCH3 is 2. The fourth-order valence-corrected chi connectivity index (χ4v) is 3.19. The molecule has 7 heteroatoms. The van der Waals surface area contributed by atoms with Crippen LogP contribution in [0, 0.1) is 5.92 Å². The first kappa shape index (κ1) is 16.5. The molecule has 0 aromatic heterocycles. The summed E-state index contributed by atoms with van der Waals surface area (Å²) in [6.07, 6.45) is 4.76. The van der Waals surface area contributed by atoms with Crippen molar-refractivity contribution in [1.29, 1.82) is 0 Å². The maximum atomic E-state index is 14.6.